The van der Waals surface area contributed by atoms with Gasteiger partial charge in [-0.05, 0) is 12.5 Å². The fraction of sp³-hybridized carbons (Fsp3) is 0.231. The first kappa shape index (κ1) is 11.5. The van der Waals surface area contributed by atoms with E-state index in [1.807, 2.05) is 31.2 Å². The van der Waals surface area contributed by atoms with Crippen molar-refractivity contribution in [3.05, 3.63) is 41.6 Å². The number of benzene rings is 1. The van der Waals surface area contributed by atoms with Gasteiger partial charge in [-0.25, -0.2) is 9.97 Å². The lowest BCUT2D eigenvalue weighted by atomic mass is 10.1. The first-order valence-corrected chi connectivity index (χ1v) is 5.39. The van der Waals surface area contributed by atoms with Crippen LogP contribution in [0.5, 0.6) is 0 Å². The minimum Gasteiger partial charge on any atom is -0.384 e. The van der Waals surface area contributed by atoms with Crippen LogP contribution in [-0.4, -0.2) is 17.1 Å². The lowest BCUT2D eigenvalue weighted by molar-refractivity contribution is 0.181. The molecule has 88 valence electrons. The topological polar surface area (TPSA) is 61.0 Å². The molecule has 1 aromatic heterocycles. The summed E-state index contributed by atoms with van der Waals surface area (Å²) in [5.74, 6) is 1.11. The molecule has 2 aromatic rings. The van der Waals surface area contributed by atoms with Gasteiger partial charge < -0.3 is 10.5 Å². The molecule has 2 rings (SSSR count). The molecule has 0 amide bonds. The minimum absolute atomic E-state index is 0.436. The number of anilines is 1. The molecule has 0 aliphatic rings. The van der Waals surface area contributed by atoms with Crippen LogP contribution < -0.4 is 5.73 Å². The maximum absolute atomic E-state index is 5.77. The van der Waals surface area contributed by atoms with Crippen LogP contribution in [-0.2, 0) is 11.3 Å². The fourth-order valence-electron chi connectivity index (χ4n) is 1.68. The Balaban J connectivity index is 2.48. The van der Waals surface area contributed by atoms with E-state index in [1.165, 1.54) is 0 Å². The number of hydrogen-bond donors (Lipinski definition) is 1. The van der Waals surface area contributed by atoms with Crippen LogP contribution in [0, 0.1) is 6.92 Å². The number of nitrogen functional groups attached to an aromatic ring is 1. The minimum atomic E-state index is 0.436. The van der Waals surface area contributed by atoms with Gasteiger partial charge in [0.2, 0.25) is 0 Å². The van der Waals surface area contributed by atoms with E-state index in [9.17, 15) is 0 Å². The molecular formula is C13H15N3O. The van der Waals surface area contributed by atoms with E-state index in [-0.39, 0.29) is 0 Å². The Kier molecular flexibility index (Phi) is 3.35. The van der Waals surface area contributed by atoms with E-state index in [2.05, 4.69) is 9.97 Å². The van der Waals surface area contributed by atoms with E-state index < -0.39 is 0 Å². The predicted molar refractivity (Wildman–Crippen MR) is 67.3 cm³/mol. The Bertz CT molecular complexity index is 526. The van der Waals surface area contributed by atoms with E-state index in [0.29, 0.717) is 18.2 Å². The third-order valence-corrected chi connectivity index (χ3v) is 2.48. The zero-order chi connectivity index (χ0) is 12.3. The lowest BCUT2D eigenvalue weighted by Crippen LogP contribution is -2.02. The molecular weight excluding hydrogens is 214 g/mol. The third kappa shape index (κ3) is 2.60. The van der Waals surface area contributed by atoms with Crippen LogP contribution in [0.2, 0.25) is 0 Å². The second-order valence-electron chi connectivity index (χ2n) is 3.86. The summed E-state index contributed by atoms with van der Waals surface area (Å²) >= 11 is 0. The van der Waals surface area contributed by atoms with E-state index >= 15 is 0 Å². The third-order valence-electron chi connectivity index (χ3n) is 2.48. The summed E-state index contributed by atoms with van der Waals surface area (Å²) in [6.07, 6.45) is 0. The normalized spacial score (nSPS) is 10.5. The number of nitrogens with zero attached hydrogens (tertiary/aromatic N) is 2. The summed E-state index contributed by atoms with van der Waals surface area (Å²) in [7, 11) is 1.63. The van der Waals surface area contributed by atoms with Crippen LogP contribution >= 0.6 is 0 Å². The molecule has 4 heteroatoms. The van der Waals surface area contributed by atoms with E-state index in [4.69, 9.17) is 10.5 Å². The van der Waals surface area contributed by atoms with Gasteiger partial charge in [-0.1, -0.05) is 24.3 Å². The van der Waals surface area contributed by atoms with Crippen LogP contribution in [0.3, 0.4) is 0 Å². The van der Waals surface area contributed by atoms with Gasteiger partial charge in [0, 0.05) is 18.7 Å². The molecule has 0 aliphatic heterocycles. The average Bonchev–Trinajstić information content (AvgIpc) is 2.29. The Hall–Kier alpha value is -1.94. The molecule has 0 spiro atoms. The number of aromatic nitrogens is 2. The molecule has 0 fully saturated rings. The van der Waals surface area contributed by atoms with Crippen molar-refractivity contribution >= 4 is 5.82 Å². The summed E-state index contributed by atoms with van der Waals surface area (Å²) in [5.41, 5.74) is 8.68. The van der Waals surface area contributed by atoms with Crippen LogP contribution in [0.4, 0.5) is 5.82 Å². The number of rotatable bonds is 3. The van der Waals surface area contributed by atoms with Crippen molar-refractivity contribution in [3.8, 4) is 11.4 Å². The summed E-state index contributed by atoms with van der Waals surface area (Å²) in [6, 6.07) is 9.69. The SMILES string of the molecule is COCc1cc(N)nc(-c2ccccc2C)n1. The van der Waals surface area contributed by atoms with E-state index in [0.717, 1.165) is 16.8 Å². The summed E-state index contributed by atoms with van der Waals surface area (Å²) in [4.78, 5) is 8.70. The molecule has 2 N–H and O–H groups in total. The molecule has 0 aliphatic carbocycles. The van der Waals surface area contributed by atoms with Gasteiger partial charge in [-0.15, -0.1) is 0 Å². The molecule has 4 nitrogen and oxygen atoms in total. The lowest BCUT2D eigenvalue weighted by Gasteiger charge is -2.07. The van der Waals surface area contributed by atoms with Gasteiger partial charge >= 0.3 is 0 Å². The molecule has 0 unspecified atom stereocenters. The number of methoxy groups -OCH3 is 1. The summed E-state index contributed by atoms with van der Waals surface area (Å²) < 4.78 is 5.06. The molecule has 1 heterocycles. The molecule has 0 bridgehead atoms. The number of nitrogens with two attached hydrogens (primary N) is 1. The van der Waals surface area contributed by atoms with Crippen molar-refractivity contribution in [2.75, 3.05) is 12.8 Å². The molecule has 0 saturated carbocycles. The maximum atomic E-state index is 5.77. The van der Waals surface area contributed by atoms with Crippen molar-refractivity contribution in [2.45, 2.75) is 13.5 Å². The van der Waals surface area contributed by atoms with Crippen molar-refractivity contribution in [2.24, 2.45) is 0 Å². The molecule has 0 saturated heterocycles. The van der Waals surface area contributed by atoms with Crippen molar-refractivity contribution in [3.63, 3.8) is 0 Å². The zero-order valence-corrected chi connectivity index (χ0v) is 9.97. The largest absolute Gasteiger partial charge is 0.384 e. The Morgan fingerprint density at radius 2 is 2.00 bits per heavy atom. The average molecular weight is 229 g/mol. The predicted octanol–water partition coefficient (Wildman–Crippen LogP) is 2.18. The second kappa shape index (κ2) is 4.93. The summed E-state index contributed by atoms with van der Waals surface area (Å²) in [5, 5.41) is 0. The van der Waals surface area contributed by atoms with Crippen molar-refractivity contribution < 1.29 is 4.74 Å². The highest BCUT2D eigenvalue weighted by molar-refractivity contribution is 5.61. The molecule has 0 radical (unpaired) electrons. The van der Waals surface area contributed by atoms with Gasteiger partial charge in [0.25, 0.3) is 0 Å². The molecule has 0 atom stereocenters. The van der Waals surface area contributed by atoms with Crippen LogP contribution in [0.1, 0.15) is 11.3 Å². The highest BCUT2D eigenvalue weighted by Gasteiger charge is 2.07. The molecule has 17 heavy (non-hydrogen) atoms. The van der Waals surface area contributed by atoms with Gasteiger partial charge in [-0.2, -0.15) is 0 Å². The number of hydrogen-bond acceptors (Lipinski definition) is 4. The van der Waals surface area contributed by atoms with Crippen LogP contribution in [0.25, 0.3) is 11.4 Å². The maximum Gasteiger partial charge on any atom is 0.162 e. The monoisotopic (exact) mass is 229 g/mol. The van der Waals surface area contributed by atoms with Crippen LogP contribution in [0.15, 0.2) is 30.3 Å². The van der Waals surface area contributed by atoms with Gasteiger partial charge in [0.15, 0.2) is 5.82 Å². The van der Waals surface area contributed by atoms with Gasteiger partial charge in [0.05, 0.1) is 12.3 Å². The Morgan fingerprint density at radius 1 is 1.24 bits per heavy atom. The quantitative estimate of drug-likeness (QED) is 0.876. The standard InChI is InChI=1S/C13H15N3O/c1-9-5-3-4-6-11(9)13-15-10(8-17-2)7-12(14)16-13/h3-7H,8H2,1-2H3,(H2,14,15,16). The molecule has 1 aromatic carbocycles. The first-order chi connectivity index (χ1) is 8.20. The number of aryl methyl sites for hydroxylation is 1. The highest BCUT2D eigenvalue weighted by Crippen LogP contribution is 2.20. The Labute approximate surface area is 100 Å². The van der Waals surface area contributed by atoms with Gasteiger partial charge in [0.1, 0.15) is 5.82 Å². The second-order valence-corrected chi connectivity index (χ2v) is 3.86. The summed E-state index contributed by atoms with van der Waals surface area (Å²) in [6.45, 7) is 2.46. The van der Waals surface area contributed by atoms with E-state index in [1.54, 1.807) is 13.2 Å². The zero-order valence-electron chi connectivity index (χ0n) is 9.97. The highest BCUT2D eigenvalue weighted by atomic mass is 16.5. The van der Waals surface area contributed by atoms with Gasteiger partial charge in [-0.3, -0.25) is 0 Å². The van der Waals surface area contributed by atoms with Crippen molar-refractivity contribution in [1.29, 1.82) is 0 Å². The smallest absolute Gasteiger partial charge is 0.162 e. The number of ether oxygens (including phenoxy) is 1. The van der Waals surface area contributed by atoms with Crippen molar-refractivity contribution in [1.82, 2.24) is 9.97 Å². The Morgan fingerprint density at radius 3 is 2.71 bits per heavy atom. The fourth-order valence-corrected chi connectivity index (χ4v) is 1.68. The first-order valence-electron chi connectivity index (χ1n) is 5.39.